The summed E-state index contributed by atoms with van der Waals surface area (Å²) in [4.78, 5) is 22.2. The first-order valence-electron chi connectivity index (χ1n) is 7.04. The number of nitro groups is 1. The lowest BCUT2D eigenvalue weighted by atomic mass is 10.1. The van der Waals surface area contributed by atoms with Crippen LogP contribution in [0.3, 0.4) is 0 Å². The van der Waals surface area contributed by atoms with Crippen LogP contribution in [0, 0.1) is 17.0 Å². The largest absolute Gasteiger partial charge is 0.488 e. The molecule has 0 saturated heterocycles. The second-order valence-electron chi connectivity index (χ2n) is 5.19. The number of rotatable bonds is 4. The fourth-order valence-electron chi connectivity index (χ4n) is 2.33. The smallest absolute Gasteiger partial charge is 0.269 e. The summed E-state index contributed by atoms with van der Waals surface area (Å²) < 4.78 is 11.1. The van der Waals surface area contributed by atoms with Gasteiger partial charge in [0.2, 0.25) is 5.43 Å². The first kappa shape index (κ1) is 16.0. The van der Waals surface area contributed by atoms with E-state index < -0.39 is 4.92 Å². The lowest BCUT2D eigenvalue weighted by Gasteiger charge is -2.10. The minimum absolute atomic E-state index is 0.0271. The molecule has 0 unspecified atom stereocenters. The molecule has 0 bridgehead atoms. The van der Waals surface area contributed by atoms with Gasteiger partial charge in [0.25, 0.3) is 5.69 Å². The van der Waals surface area contributed by atoms with Crippen LogP contribution in [-0.2, 0) is 6.61 Å². The molecule has 1 heterocycles. The number of aryl methyl sites for hydroxylation is 1. The highest BCUT2D eigenvalue weighted by molar-refractivity contribution is 6.30. The molecule has 3 aromatic rings. The number of nitro benzene ring substituents is 1. The summed E-state index contributed by atoms with van der Waals surface area (Å²) in [6.45, 7) is 2.02. The predicted octanol–water partition coefficient (Wildman–Crippen LogP) is 4.24. The molecule has 0 saturated carbocycles. The van der Waals surface area contributed by atoms with E-state index in [4.69, 9.17) is 20.8 Å². The Morgan fingerprint density at radius 1 is 1.21 bits per heavy atom. The highest BCUT2D eigenvalue weighted by Crippen LogP contribution is 2.27. The molecule has 122 valence electrons. The van der Waals surface area contributed by atoms with Crippen molar-refractivity contribution in [3.8, 4) is 5.75 Å². The molecule has 0 aliphatic rings. The first-order valence-corrected chi connectivity index (χ1v) is 7.42. The molecule has 0 atom stereocenters. The van der Waals surface area contributed by atoms with E-state index in [1.165, 1.54) is 18.4 Å². The first-order chi connectivity index (χ1) is 11.5. The number of hydrogen-bond donors (Lipinski definition) is 0. The Kier molecular flexibility index (Phi) is 4.22. The van der Waals surface area contributed by atoms with Gasteiger partial charge in [-0.15, -0.1) is 0 Å². The van der Waals surface area contributed by atoms with Crippen LogP contribution in [0.2, 0.25) is 5.02 Å². The average molecular weight is 346 g/mol. The summed E-state index contributed by atoms with van der Waals surface area (Å²) in [5.74, 6) is 0.561. The van der Waals surface area contributed by atoms with Gasteiger partial charge in [-0.2, -0.15) is 0 Å². The van der Waals surface area contributed by atoms with Gasteiger partial charge in [-0.25, -0.2) is 0 Å². The molecule has 3 rings (SSSR count). The van der Waals surface area contributed by atoms with Crippen molar-refractivity contribution < 1.29 is 14.1 Å². The Labute approximate surface area is 141 Å². The molecule has 6 nitrogen and oxygen atoms in total. The van der Waals surface area contributed by atoms with Crippen LogP contribution in [0.15, 0.2) is 51.9 Å². The third-order valence-electron chi connectivity index (χ3n) is 3.64. The number of nitrogens with zero attached hydrogens (tertiary/aromatic N) is 1. The topological polar surface area (TPSA) is 82.6 Å². The van der Waals surface area contributed by atoms with E-state index in [0.717, 1.165) is 5.56 Å². The Morgan fingerprint density at radius 2 is 1.92 bits per heavy atom. The summed E-state index contributed by atoms with van der Waals surface area (Å²) in [5, 5.41) is 11.1. The van der Waals surface area contributed by atoms with Gasteiger partial charge in [0.1, 0.15) is 29.2 Å². The van der Waals surface area contributed by atoms with E-state index in [-0.39, 0.29) is 22.7 Å². The predicted molar refractivity (Wildman–Crippen MR) is 89.7 cm³/mol. The van der Waals surface area contributed by atoms with Crippen molar-refractivity contribution in [3.05, 3.63) is 79.1 Å². The summed E-state index contributed by atoms with van der Waals surface area (Å²) in [5.41, 5.74) is 1.63. The van der Waals surface area contributed by atoms with Crippen LogP contribution >= 0.6 is 11.6 Å². The number of fused-ring (bicyclic) bond motifs is 1. The van der Waals surface area contributed by atoms with Crippen molar-refractivity contribution in [3.63, 3.8) is 0 Å². The van der Waals surface area contributed by atoms with E-state index in [1.54, 1.807) is 31.2 Å². The maximum atomic E-state index is 12.0. The van der Waals surface area contributed by atoms with Gasteiger partial charge in [0.05, 0.1) is 10.3 Å². The lowest BCUT2D eigenvalue weighted by molar-refractivity contribution is -0.384. The Balaban J connectivity index is 1.85. The van der Waals surface area contributed by atoms with Crippen molar-refractivity contribution in [2.45, 2.75) is 13.5 Å². The summed E-state index contributed by atoms with van der Waals surface area (Å²) >= 11 is 5.77. The van der Waals surface area contributed by atoms with Crippen LogP contribution in [-0.4, -0.2) is 4.92 Å². The van der Waals surface area contributed by atoms with Crippen molar-refractivity contribution in [1.29, 1.82) is 0 Å². The molecule has 0 N–H and O–H groups in total. The molecule has 0 amide bonds. The zero-order valence-electron chi connectivity index (χ0n) is 12.6. The second kappa shape index (κ2) is 6.33. The van der Waals surface area contributed by atoms with Crippen LogP contribution in [0.4, 0.5) is 5.69 Å². The molecule has 7 heteroatoms. The van der Waals surface area contributed by atoms with E-state index in [1.807, 2.05) is 0 Å². The van der Waals surface area contributed by atoms with E-state index in [2.05, 4.69) is 0 Å². The number of hydrogen-bond acceptors (Lipinski definition) is 5. The standard InChI is InChI=1S/C17H12ClNO5/c1-10-15(7-6-13-16(20)14(18)9-24-17(10)13)23-8-11-2-4-12(5-3-11)19(21)22/h2-7,9H,8H2,1H3. The van der Waals surface area contributed by atoms with Crippen molar-refractivity contribution in [2.75, 3.05) is 0 Å². The highest BCUT2D eigenvalue weighted by Gasteiger charge is 2.12. The lowest BCUT2D eigenvalue weighted by Crippen LogP contribution is -2.03. The number of non-ortho nitro benzene ring substituents is 1. The summed E-state index contributed by atoms with van der Waals surface area (Å²) in [6.07, 6.45) is 1.21. The average Bonchev–Trinajstić information content (AvgIpc) is 2.58. The van der Waals surface area contributed by atoms with Crippen molar-refractivity contribution >= 4 is 28.3 Å². The number of ether oxygens (including phenoxy) is 1. The molecule has 0 aliphatic carbocycles. The van der Waals surface area contributed by atoms with E-state index in [9.17, 15) is 14.9 Å². The fourth-order valence-corrected chi connectivity index (χ4v) is 2.47. The minimum atomic E-state index is -0.453. The second-order valence-corrected chi connectivity index (χ2v) is 5.60. The molecule has 24 heavy (non-hydrogen) atoms. The quantitative estimate of drug-likeness (QED) is 0.521. The van der Waals surface area contributed by atoms with Gasteiger partial charge in [-0.1, -0.05) is 11.6 Å². The molecule has 0 fully saturated rings. The van der Waals surface area contributed by atoms with Crippen LogP contribution in [0.1, 0.15) is 11.1 Å². The molecule has 1 aromatic heterocycles. The molecule has 0 aliphatic heterocycles. The van der Waals surface area contributed by atoms with E-state index in [0.29, 0.717) is 22.3 Å². The molecular formula is C17H12ClNO5. The van der Waals surface area contributed by atoms with Crippen molar-refractivity contribution in [1.82, 2.24) is 0 Å². The van der Waals surface area contributed by atoms with Gasteiger partial charge < -0.3 is 9.15 Å². The Hall–Kier alpha value is -2.86. The SMILES string of the molecule is Cc1c(OCc2ccc([N+](=O)[O-])cc2)ccc2c(=O)c(Cl)coc12. The van der Waals surface area contributed by atoms with Crippen LogP contribution < -0.4 is 10.2 Å². The zero-order valence-corrected chi connectivity index (χ0v) is 13.4. The third kappa shape index (κ3) is 2.96. The molecule has 2 aromatic carbocycles. The van der Waals surface area contributed by atoms with Crippen LogP contribution in [0.5, 0.6) is 5.75 Å². The Bertz CT molecular complexity index is 979. The summed E-state index contributed by atoms with van der Waals surface area (Å²) in [6, 6.07) is 9.39. The molecule has 0 radical (unpaired) electrons. The van der Waals surface area contributed by atoms with Gasteiger partial charge in [0.15, 0.2) is 0 Å². The maximum Gasteiger partial charge on any atom is 0.269 e. The number of benzene rings is 2. The van der Waals surface area contributed by atoms with Gasteiger partial charge in [0, 0.05) is 17.7 Å². The van der Waals surface area contributed by atoms with Gasteiger partial charge in [-0.3, -0.25) is 14.9 Å². The monoisotopic (exact) mass is 345 g/mol. The Morgan fingerprint density at radius 3 is 2.58 bits per heavy atom. The zero-order chi connectivity index (χ0) is 17.3. The molecular weight excluding hydrogens is 334 g/mol. The van der Waals surface area contributed by atoms with Crippen LogP contribution in [0.25, 0.3) is 11.0 Å². The fraction of sp³-hybridized carbons (Fsp3) is 0.118. The van der Waals surface area contributed by atoms with Crippen molar-refractivity contribution in [2.24, 2.45) is 0 Å². The van der Waals surface area contributed by atoms with E-state index >= 15 is 0 Å². The normalized spacial score (nSPS) is 10.8. The highest BCUT2D eigenvalue weighted by atomic mass is 35.5. The third-order valence-corrected chi connectivity index (χ3v) is 3.90. The number of halogens is 1. The minimum Gasteiger partial charge on any atom is -0.488 e. The maximum absolute atomic E-state index is 12.0. The summed E-state index contributed by atoms with van der Waals surface area (Å²) in [7, 11) is 0. The van der Waals surface area contributed by atoms with Gasteiger partial charge in [-0.05, 0) is 36.8 Å². The molecule has 0 spiro atoms. The van der Waals surface area contributed by atoms with Gasteiger partial charge >= 0.3 is 0 Å².